The molecule has 1 aliphatic carbocycles. The molecule has 126 valence electrons. The molecule has 21 heavy (non-hydrogen) atoms. The van der Waals surface area contributed by atoms with E-state index in [1.165, 1.54) is 25.7 Å². The Balaban J connectivity index is 2.28. The molecule has 0 amide bonds. The van der Waals surface area contributed by atoms with Crippen molar-refractivity contribution >= 4 is 0 Å². The Labute approximate surface area is 130 Å². The van der Waals surface area contributed by atoms with E-state index in [-0.39, 0.29) is 12.1 Å². The van der Waals surface area contributed by atoms with Crippen LogP contribution >= 0.6 is 0 Å². The summed E-state index contributed by atoms with van der Waals surface area (Å²) in [6.45, 7) is 7.52. The Hall–Kier alpha value is -0.160. The van der Waals surface area contributed by atoms with Crippen molar-refractivity contribution in [3.05, 3.63) is 0 Å². The zero-order valence-corrected chi connectivity index (χ0v) is 14.1. The monoisotopic (exact) mass is 301 g/mol. The third kappa shape index (κ3) is 6.64. The normalized spacial score (nSPS) is 27.3. The molecule has 0 heterocycles. The highest BCUT2D eigenvalue weighted by Gasteiger charge is 2.26. The van der Waals surface area contributed by atoms with Gasteiger partial charge in [-0.1, -0.05) is 33.1 Å². The second-order valence-corrected chi connectivity index (χ2v) is 6.75. The first-order valence-corrected chi connectivity index (χ1v) is 8.70. The van der Waals surface area contributed by atoms with Crippen LogP contribution in [-0.2, 0) is 4.74 Å². The summed E-state index contributed by atoms with van der Waals surface area (Å²) < 4.78 is 5.97. The van der Waals surface area contributed by atoms with Crippen molar-refractivity contribution in [3.63, 3.8) is 0 Å². The van der Waals surface area contributed by atoms with Gasteiger partial charge in [0, 0.05) is 18.7 Å². The molecular formula is C17H35NO3. The van der Waals surface area contributed by atoms with E-state index >= 15 is 0 Å². The second kappa shape index (κ2) is 9.78. The third-order valence-corrected chi connectivity index (χ3v) is 5.07. The molecule has 4 heteroatoms. The van der Waals surface area contributed by atoms with E-state index in [0.717, 1.165) is 12.8 Å². The highest BCUT2D eigenvalue weighted by Crippen LogP contribution is 2.29. The molecule has 1 saturated carbocycles. The van der Waals surface area contributed by atoms with E-state index in [1.807, 2.05) is 0 Å². The molecular weight excluding hydrogens is 266 g/mol. The average molecular weight is 301 g/mol. The van der Waals surface area contributed by atoms with Crippen LogP contribution in [0, 0.1) is 5.92 Å². The number of rotatable bonds is 10. The van der Waals surface area contributed by atoms with Gasteiger partial charge < -0.3 is 20.3 Å². The molecule has 0 bridgehead atoms. The van der Waals surface area contributed by atoms with Crippen molar-refractivity contribution in [2.75, 3.05) is 19.8 Å². The summed E-state index contributed by atoms with van der Waals surface area (Å²) in [5.74, 6) is 0.661. The molecule has 0 radical (unpaired) electrons. The number of ether oxygens (including phenoxy) is 1. The van der Waals surface area contributed by atoms with Crippen LogP contribution in [0.2, 0.25) is 0 Å². The number of hydrogen-bond donors (Lipinski definition) is 3. The van der Waals surface area contributed by atoms with E-state index in [2.05, 4.69) is 26.1 Å². The van der Waals surface area contributed by atoms with Crippen molar-refractivity contribution in [2.24, 2.45) is 5.92 Å². The Morgan fingerprint density at radius 1 is 1.29 bits per heavy atom. The fourth-order valence-electron chi connectivity index (χ4n) is 3.15. The van der Waals surface area contributed by atoms with Gasteiger partial charge in [-0.3, -0.25) is 0 Å². The van der Waals surface area contributed by atoms with Gasteiger partial charge in [0.2, 0.25) is 0 Å². The Morgan fingerprint density at radius 3 is 2.62 bits per heavy atom. The van der Waals surface area contributed by atoms with E-state index in [4.69, 9.17) is 9.84 Å². The van der Waals surface area contributed by atoms with Gasteiger partial charge in [0.15, 0.2) is 0 Å². The maximum atomic E-state index is 10.1. The van der Waals surface area contributed by atoms with Crippen LogP contribution in [0.5, 0.6) is 0 Å². The minimum Gasteiger partial charge on any atom is -0.396 e. The molecule has 0 aromatic heterocycles. The summed E-state index contributed by atoms with van der Waals surface area (Å²) in [5.41, 5.74) is -0.105. The summed E-state index contributed by atoms with van der Waals surface area (Å²) in [5, 5.41) is 22.6. The van der Waals surface area contributed by atoms with E-state index < -0.39 is 6.10 Å². The Bertz CT molecular complexity index is 275. The number of aliphatic hydroxyl groups excluding tert-OH is 2. The first kappa shape index (κ1) is 18.9. The van der Waals surface area contributed by atoms with Crippen molar-refractivity contribution < 1.29 is 14.9 Å². The van der Waals surface area contributed by atoms with Gasteiger partial charge in [-0.25, -0.2) is 0 Å². The third-order valence-electron chi connectivity index (χ3n) is 5.07. The zero-order valence-electron chi connectivity index (χ0n) is 14.1. The number of hydrogen-bond acceptors (Lipinski definition) is 4. The predicted octanol–water partition coefficient (Wildman–Crippen LogP) is 2.47. The first-order valence-electron chi connectivity index (χ1n) is 8.70. The first-order chi connectivity index (χ1) is 10.0. The lowest BCUT2D eigenvalue weighted by molar-refractivity contribution is -0.0513. The number of β-amino-alcohol motifs (C(OH)–C–C–N with tert-alkyl or cyclic N) is 1. The summed E-state index contributed by atoms with van der Waals surface area (Å²) in [6, 6.07) is 0. The molecule has 3 N–H and O–H groups in total. The average Bonchev–Trinajstić information content (AvgIpc) is 2.51. The Kier molecular flexibility index (Phi) is 8.79. The van der Waals surface area contributed by atoms with Crippen LogP contribution in [0.1, 0.15) is 65.7 Å². The van der Waals surface area contributed by atoms with Crippen LogP contribution in [0.4, 0.5) is 0 Å². The molecule has 0 aromatic carbocycles. The second-order valence-electron chi connectivity index (χ2n) is 6.75. The summed E-state index contributed by atoms with van der Waals surface area (Å²) in [6.07, 6.45) is 7.62. The quantitative estimate of drug-likeness (QED) is 0.580. The topological polar surface area (TPSA) is 61.7 Å². The highest BCUT2D eigenvalue weighted by molar-refractivity contribution is 4.82. The molecule has 0 aromatic rings. The van der Waals surface area contributed by atoms with Crippen molar-refractivity contribution in [1.29, 1.82) is 0 Å². The fourth-order valence-corrected chi connectivity index (χ4v) is 3.15. The molecule has 1 fully saturated rings. The Morgan fingerprint density at radius 2 is 2.00 bits per heavy atom. The van der Waals surface area contributed by atoms with Gasteiger partial charge in [0.1, 0.15) is 0 Å². The zero-order chi connectivity index (χ0) is 15.7. The maximum Gasteiger partial charge on any atom is 0.0898 e. The van der Waals surface area contributed by atoms with Crippen LogP contribution in [0.25, 0.3) is 0 Å². The SMILES string of the molecule is CCC1CCCCC1OCC(O)CNC(C)(CC)CCO. The molecule has 0 aliphatic heterocycles. The number of nitrogens with one attached hydrogen (secondary N) is 1. The van der Waals surface area contributed by atoms with Gasteiger partial charge in [0.05, 0.1) is 18.8 Å². The van der Waals surface area contributed by atoms with E-state index in [0.29, 0.717) is 31.6 Å². The van der Waals surface area contributed by atoms with Crippen LogP contribution < -0.4 is 5.32 Å². The van der Waals surface area contributed by atoms with Crippen LogP contribution in [0.3, 0.4) is 0 Å². The molecule has 0 saturated heterocycles. The van der Waals surface area contributed by atoms with Crippen molar-refractivity contribution in [1.82, 2.24) is 5.32 Å². The van der Waals surface area contributed by atoms with Crippen molar-refractivity contribution in [3.8, 4) is 0 Å². The number of aliphatic hydroxyl groups is 2. The lowest BCUT2D eigenvalue weighted by Crippen LogP contribution is -2.47. The van der Waals surface area contributed by atoms with E-state index in [1.54, 1.807) is 0 Å². The molecule has 1 rings (SSSR count). The standard InChI is InChI=1S/C17H35NO3/c1-4-14-8-6-7-9-16(14)21-13-15(20)12-18-17(3,5-2)10-11-19/h14-16,18-20H,4-13H2,1-3H3. The van der Waals surface area contributed by atoms with Gasteiger partial charge in [-0.05, 0) is 38.5 Å². The van der Waals surface area contributed by atoms with Gasteiger partial charge >= 0.3 is 0 Å². The lowest BCUT2D eigenvalue weighted by atomic mass is 9.85. The largest absolute Gasteiger partial charge is 0.396 e. The predicted molar refractivity (Wildman–Crippen MR) is 86.4 cm³/mol. The van der Waals surface area contributed by atoms with E-state index in [9.17, 15) is 5.11 Å². The molecule has 4 unspecified atom stereocenters. The molecule has 1 aliphatic rings. The lowest BCUT2D eigenvalue weighted by Gasteiger charge is -2.33. The smallest absolute Gasteiger partial charge is 0.0898 e. The van der Waals surface area contributed by atoms with Gasteiger partial charge in [-0.15, -0.1) is 0 Å². The summed E-state index contributed by atoms with van der Waals surface area (Å²) >= 11 is 0. The molecule has 4 nitrogen and oxygen atoms in total. The minimum atomic E-state index is -0.478. The van der Waals surface area contributed by atoms with Crippen LogP contribution in [-0.4, -0.2) is 47.7 Å². The van der Waals surface area contributed by atoms with Crippen molar-refractivity contribution in [2.45, 2.75) is 83.5 Å². The highest BCUT2D eigenvalue weighted by atomic mass is 16.5. The minimum absolute atomic E-state index is 0.105. The summed E-state index contributed by atoms with van der Waals surface area (Å²) in [4.78, 5) is 0. The molecule has 0 spiro atoms. The fraction of sp³-hybridized carbons (Fsp3) is 1.00. The van der Waals surface area contributed by atoms with Crippen LogP contribution in [0.15, 0.2) is 0 Å². The van der Waals surface area contributed by atoms with Gasteiger partial charge in [0.25, 0.3) is 0 Å². The maximum absolute atomic E-state index is 10.1. The summed E-state index contributed by atoms with van der Waals surface area (Å²) in [7, 11) is 0. The molecule has 4 atom stereocenters. The van der Waals surface area contributed by atoms with Gasteiger partial charge in [-0.2, -0.15) is 0 Å².